The van der Waals surface area contributed by atoms with Crippen molar-refractivity contribution >= 4 is 28.8 Å². The standard InChI is InChI=1S/C17H13ClN6O/c18-13-4-2-12(3-5-13)10-23-11-14(9-20-23)21-17(25)15-8-16-19-6-1-7-24(16)22-15/h1-9,11H,10H2,(H,21,25). The Balaban J connectivity index is 1.46. The lowest BCUT2D eigenvalue weighted by Gasteiger charge is -2.02. The Morgan fingerprint density at radius 2 is 2.08 bits per heavy atom. The number of carbonyl (C=O) groups excluding carboxylic acids is 1. The van der Waals surface area contributed by atoms with Crippen molar-refractivity contribution in [2.24, 2.45) is 0 Å². The number of halogens is 1. The number of carbonyl (C=O) groups is 1. The molecule has 0 bridgehead atoms. The third kappa shape index (κ3) is 3.36. The number of fused-ring (bicyclic) bond motifs is 1. The van der Waals surface area contributed by atoms with Crippen LogP contribution in [0.15, 0.2) is 61.2 Å². The fourth-order valence-electron chi connectivity index (χ4n) is 2.43. The second-order valence-electron chi connectivity index (χ2n) is 5.46. The van der Waals surface area contributed by atoms with Crippen LogP contribution in [0.25, 0.3) is 5.65 Å². The molecule has 0 unspecified atom stereocenters. The van der Waals surface area contributed by atoms with E-state index in [-0.39, 0.29) is 5.91 Å². The van der Waals surface area contributed by atoms with Gasteiger partial charge in [-0.05, 0) is 23.8 Å². The molecule has 4 rings (SSSR count). The van der Waals surface area contributed by atoms with E-state index in [4.69, 9.17) is 11.6 Å². The van der Waals surface area contributed by atoms with Gasteiger partial charge in [-0.25, -0.2) is 9.50 Å². The second kappa shape index (κ2) is 6.37. The van der Waals surface area contributed by atoms with Gasteiger partial charge in [-0.1, -0.05) is 23.7 Å². The monoisotopic (exact) mass is 352 g/mol. The van der Waals surface area contributed by atoms with Crippen LogP contribution in [0.5, 0.6) is 0 Å². The van der Waals surface area contributed by atoms with Crippen molar-refractivity contribution in [3.05, 3.63) is 77.5 Å². The Morgan fingerprint density at radius 1 is 1.24 bits per heavy atom. The van der Waals surface area contributed by atoms with Crippen molar-refractivity contribution in [1.29, 1.82) is 0 Å². The molecule has 0 aliphatic carbocycles. The average Bonchev–Trinajstić information content (AvgIpc) is 3.23. The van der Waals surface area contributed by atoms with Gasteiger partial charge in [-0.2, -0.15) is 10.2 Å². The Labute approximate surface area is 147 Å². The topological polar surface area (TPSA) is 77.1 Å². The second-order valence-corrected chi connectivity index (χ2v) is 5.90. The van der Waals surface area contributed by atoms with Gasteiger partial charge >= 0.3 is 0 Å². The molecule has 4 aromatic rings. The number of aromatic nitrogens is 5. The van der Waals surface area contributed by atoms with Crippen molar-refractivity contribution in [3.8, 4) is 0 Å². The summed E-state index contributed by atoms with van der Waals surface area (Å²) in [6, 6.07) is 10.9. The predicted molar refractivity (Wildman–Crippen MR) is 93.7 cm³/mol. The maximum absolute atomic E-state index is 12.3. The van der Waals surface area contributed by atoms with Gasteiger partial charge in [-0.15, -0.1) is 0 Å². The Kier molecular flexibility index (Phi) is 3.91. The van der Waals surface area contributed by atoms with Crippen LogP contribution in [-0.2, 0) is 6.54 Å². The molecule has 1 N–H and O–H groups in total. The number of hydrogen-bond donors (Lipinski definition) is 1. The molecule has 3 heterocycles. The number of nitrogens with one attached hydrogen (secondary N) is 1. The zero-order chi connectivity index (χ0) is 17.2. The van der Waals surface area contributed by atoms with Gasteiger partial charge in [0.2, 0.25) is 0 Å². The highest BCUT2D eigenvalue weighted by Crippen LogP contribution is 2.13. The summed E-state index contributed by atoms with van der Waals surface area (Å²) in [5, 5.41) is 11.9. The first-order valence-corrected chi connectivity index (χ1v) is 7.94. The zero-order valence-corrected chi connectivity index (χ0v) is 13.8. The summed E-state index contributed by atoms with van der Waals surface area (Å²) < 4.78 is 3.29. The van der Waals surface area contributed by atoms with Gasteiger partial charge in [0.1, 0.15) is 0 Å². The van der Waals surface area contributed by atoms with Crippen LogP contribution in [0.1, 0.15) is 16.1 Å². The van der Waals surface area contributed by atoms with E-state index in [0.29, 0.717) is 28.6 Å². The Morgan fingerprint density at radius 3 is 2.88 bits per heavy atom. The maximum atomic E-state index is 12.3. The lowest BCUT2D eigenvalue weighted by molar-refractivity contribution is 0.102. The van der Waals surface area contributed by atoms with Gasteiger partial charge in [0.05, 0.1) is 18.4 Å². The van der Waals surface area contributed by atoms with E-state index in [1.165, 1.54) is 0 Å². The summed E-state index contributed by atoms with van der Waals surface area (Å²) in [6.07, 6.45) is 6.76. The largest absolute Gasteiger partial charge is 0.318 e. The SMILES string of the molecule is O=C(Nc1cnn(Cc2ccc(Cl)cc2)c1)c1cc2ncccn2n1. The number of rotatable bonds is 4. The van der Waals surface area contributed by atoms with Crippen LogP contribution < -0.4 is 5.32 Å². The highest BCUT2D eigenvalue weighted by atomic mass is 35.5. The molecule has 0 saturated carbocycles. The quantitative estimate of drug-likeness (QED) is 0.612. The van der Waals surface area contributed by atoms with Crippen LogP contribution in [-0.4, -0.2) is 30.3 Å². The van der Waals surface area contributed by atoms with Crippen molar-refractivity contribution in [1.82, 2.24) is 24.4 Å². The first kappa shape index (κ1) is 15.3. The molecule has 1 aromatic carbocycles. The minimum absolute atomic E-state index is 0.296. The molecule has 1 amide bonds. The van der Waals surface area contributed by atoms with Gasteiger partial charge in [0, 0.05) is 29.7 Å². The number of anilines is 1. The fraction of sp³-hybridized carbons (Fsp3) is 0.0588. The summed E-state index contributed by atoms with van der Waals surface area (Å²) in [6.45, 7) is 0.589. The summed E-state index contributed by atoms with van der Waals surface area (Å²) >= 11 is 5.88. The third-order valence-electron chi connectivity index (χ3n) is 3.62. The molecule has 3 aromatic heterocycles. The molecule has 8 heteroatoms. The summed E-state index contributed by atoms with van der Waals surface area (Å²) in [7, 11) is 0. The molecule has 0 saturated heterocycles. The molecule has 0 radical (unpaired) electrons. The molecule has 0 aliphatic heterocycles. The number of amides is 1. The van der Waals surface area contributed by atoms with Gasteiger partial charge < -0.3 is 5.32 Å². The van der Waals surface area contributed by atoms with Crippen LogP contribution in [0.4, 0.5) is 5.69 Å². The van der Waals surface area contributed by atoms with E-state index in [2.05, 4.69) is 20.5 Å². The molecular weight excluding hydrogens is 340 g/mol. The molecule has 0 spiro atoms. The van der Waals surface area contributed by atoms with E-state index in [9.17, 15) is 4.79 Å². The van der Waals surface area contributed by atoms with Crippen molar-refractivity contribution in [2.75, 3.05) is 5.32 Å². The number of hydrogen-bond acceptors (Lipinski definition) is 4. The van der Waals surface area contributed by atoms with Gasteiger partial charge in [-0.3, -0.25) is 9.48 Å². The highest BCUT2D eigenvalue weighted by molar-refractivity contribution is 6.30. The minimum Gasteiger partial charge on any atom is -0.318 e. The van der Waals surface area contributed by atoms with E-state index in [0.717, 1.165) is 5.56 Å². The van der Waals surface area contributed by atoms with Crippen LogP contribution in [0.2, 0.25) is 5.02 Å². The van der Waals surface area contributed by atoms with Crippen molar-refractivity contribution in [3.63, 3.8) is 0 Å². The first-order valence-electron chi connectivity index (χ1n) is 7.56. The Bertz CT molecular complexity index is 1000. The molecule has 0 aliphatic rings. The van der Waals surface area contributed by atoms with Crippen LogP contribution >= 0.6 is 11.6 Å². The van der Waals surface area contributed by atoms with E-state index < -0.39 is 0 Å². The first-order chi connectivity index (χ1) is 12.2. The molecule has 0 atom stereocenters. The smallest absolute Gasteiger partial charge is 0.276 e. The van der Waals surface area contributed by atoms with E-state index in [1.54, 1.807) is 46.1 Å². The van der Waals surface area contributed by atoms with Gasteiger partial charge in [0.25, 0.3) is 5.91 Å². The minimum atomic E-state index is -0.309. The molecule has 0 fully saturated rings. The summed E-state index contributed by atoms with van der Waals surface area (Å²) in [5.74, 6) is -0.309. The molecule has 25 heavy (non-hydrogen) atoms. The Hall–Kier alpha value is -3.19. The zero-order valence-electron chi connectivity index (χ0n) is 13.0. The number of benzene rings is 1. The lowest BCUT2D eigenvalue weighted by Crippen LogP contribution is -2.12. The normalized spacial score (nSPS) is 10.9. The molecular formula is C17H13ClN6O. The third-order valence-corrected chi connectivity index (χ3v) is 3.87. The van der Waals surface area contributed by atoms with E-state index in [1.807, 2.05) is 24.3 Å². The predicted octanol–water partition coefficient (Wildman–Crippen LogP) is 2.88. The van der Waals surface area contributed by atoms with Gasteiger partial charge in [0.15, 0.2) is 11.3 Å². The summed E-state index contributed by atoms with van der Waals surface area (Å²) in [5.41, 5.74) is 2.58. The van der Waals surface area contributed by atoms with Crippen LogP contribution in [0.3, 0.4) is 0 Å². The lowest BCUT2D eigenvalue weighted by atomic mass is 10.2. The van der Waals surface area contributed by atoms with E-state index >= 15 is 0 Å². The maximum Gasteiger partial charge on any atom is 0.276 e. The highest BCUT2D eigenvalue weighted by Gasteiger charge is 2.12. The van der Waals surface area contributed by atoms with Crippen LogP contribution in [0, 0.1) is 0 Å². The van der Waals surface area contributed by atoms with Crippen molar-refractivity contribution in [2.45, 2.75) is 6.54 Å². The molecule has 7 nitrogen and oxygen atoms in total. The fourth-order valence-corrected chi connectivity index (χ4v) is 2.55. The van der Waals surface area contributed by atoms with Crippen molar-refractivity contribution < 1.29 is 4.79 Å². The summed E-state index contributed by atoms with van der Waals surface area (Å²) in [4.78, 5) is 16.5. The average molecular weight is 353 g/mol. The molecule has 124 valence electrons. The number of nitrogens with zero attached hydrogens (tertiary/aromatic N) is 5.